The van der Waals surface area contributed by atoms with Crippen LogP contribution in [0, 0.1) is 0 Å². The van der Waals surface area contributed by atoms with Crippen molar-refractivity contribution in [3.63, 3.8) is 0 Å². The molecule has 102 valence electrons. The molecule has 0 fully saturated rings. The van der Waals surface area contributed by atoms with E-state index in [9.17, 15) is 4.79 Å². The number of carbonyl (C=O) groups excluding carboxylic acids is 1. The second kappa shape index (κ2) is 5.64. The molecule has 0 bridgehead atoms. The van der Waals surface area contributed by atoms with Gasteiger partial charge >= 0.3 is 0 Å². The van der Waals surface area contributed by atoms with Gasteiger partial charge in [-0.1, -0.05) is 23.5 Å². The minimum Gasteiger partial charge on any atom is -0.440 e. The fourth-order valence-corrected chi connectivity index (χ4v) is 3.41. The van der Waals surface area contributed by atoms with Crippen molar-refractivity contribution in [1.82, 2.24) is 9.97 Å². The number of carbonyl (C=O) groups is 1. The molecule has 0 radical (unpaired) electrons. The molecular formula is C13H11N3O2S2. The molecule has 1 amide bonds. The number of thioether (sulfide) groups is 1. The Balaban J connectivity index is 1.66. The van der Waals surface area contributed by atoms with Crippen molar-refractivity contribution in [3.05, 3.63) is 36.4 Å². The smallest absolute Gasteiger partial charge is 0.223 e. The first kappa shape index (κ1) is 13.1. The maximum atomic E-state index is 10.9. The molecule has 2 aromatic heterocycles. The summed E-state index contributed by atoms with van der Waals surface area (Å²) in [7, 11) is 0. The molecule has 3 rings (SSSR count). The molecule has 5 nitrogen and oxygen atoms in total. The maximum absolute atomic E-state index is 10.9. The van der Waals surface area contributed by atoms with E-state index in [2.05, 4.69) is 15.3 Å². The molecule has 0 aliphatic carbocycles. The van der Waals surface area contributed by atoms with Crippen LogP contribution in [0.1, 0.15) is 12.8 Å². The van der Waals surface area contributed by atoms with Crippen LogP contribution in [-0.2, 0) is 10.5 Å². The predicted octanol–water partition coefficient (Wildman–Crippen LogP) is 3.54. The molecule has 1 aromatic carbocycles. The normalized spacial score (nSPS) is 10.8. The number of oxazole rings is 1. The van der Waals surface area contributed by atoms with E-state index in [0.29, 0.717) is 16.8 Å². The molecular weight excluding hydrogens is 294 g/mol. The van der Waals surface area contributed by atoms with Gasteiger partial charge in [0.15, 0.2) is 10.7 Å². The van der Waals surface area contributed by atoms with Crippen LogP contribution in [0.5, 0.6) is 0 Å². The molecule has 3 aromatic rings. The first-order valence-corrected chi connectivity index (χ1v) is 7.71. The van der Waals surface area contributed by atoms with Crippen LogP contribution in [-0.4, -0.2) is 15.9 Å². The van der Waals surface area contributed by atoms with Crippen LogP contribution >= 0.6 is 23.1 Å². The van der Waals surface area contributed by atoms with Crippen molar-refractivity contribution >= 4 is 45.2 Å². The highest BCUT2D eigenvalue weighted by Crippen LogP contribution is 2.31. The molecule has 0 aliphatic heterocycles. The fourth-order valence-electron chi connectivity index (χ4n) is 1.65. The minimum atomic E-state index is -0.116. The van der Waals surface area contributed by atoms with Crippen LogP contribution in [0.2, 0.25) is 0 Å². The van der Waals surface area contributed by atoms with Gasteiger partial charge in [-0.05, 0) is 12.1 Å². The third-order valence-corrected chi connectivity index (χ3v) is 4.54. The lowest BCUT2D eigenvalue weighted by atomic mass is 10.3. The van der Waals surface area contributed by atoms with Gasteiger partial charge in [0.25, 0.3) is 0 Å². The van der Waals surface area contributed by atoms with E-state index in [4.69, 9.17) is 4.42 Å². The number of rotatable bonds is 4. The second-order valence-electron chi connectivity index (χ2n) is 4.03. The number of fused-ring (bicyclic) bond motifs is 1. The molecule has 0 saturated carbocycles. The average Bonchev–Trinajstić information content (AvgIpc) is 3.01. The van der Waals surface area contributed by atoms with Crippen LogP contribution < -0.4 is 5.32 Å². The average molecular weight is 305 g/mol. The molecule has 0 saturated heterocycles. The Hall–Kier alpha value is -1.86. The van der Waals surface area contributed by atoms with E-state index in [1.807, 2.05) is 24.3 Å². The molecule has 0 spiro atoms. The quantitative estimate of drug-likeness (QED) is 0.747. The van der Waals surface area contributed by atoms with Crippen molar-refractivity contribution in [3.8, 4) is 0 Å². The number of hydrogen-bond acceptors (Lipinski definition) is 6. The molecule has 20 heavy (non-hydrogen) atoms. The zero-order chi connectivity index (χ0) is 13.9. The van der Waals surface area contributed by atoms with Crippen LogP contribution in [0.3, 0.4) is 0 Å². The lowest BCUT2D eigenvalue weighted by Gasteiger charge is -1.93. The number of amides is 1. The van der Waals surface area contributed by atoms with Crippen molar-refractivity contribution < 1.29 is 9.21 Å². The number of thiazole rings is 1. The number of hydrogen-bond donors (Lipinski definition) is 1. The van der Waals surface area contributed by atoms with Gasteiger partial charge in [0.2, 0.25) is 11.8 Å². The molecule has 0 unspecified atom stereocenters. The standard InChI is InChI=1S/C13H11N3O2S2/c1-8(17)15-13-14-6-12(20-13)19-7-11-16-9-4-2-3-5-10(9)18-11/h2-6H,7H2,1H3,(H,14,15,17). The predicted molar refractivity (Wildman–Crippen MR) is 80.0 cm³/mol. The van der Waals surface area contributed by atoms with Crippen LogP contribution in [0.4, 0.5) is 5.13 Å². The molecule has 0 atom stereocenters. The lowest BCUT2D eigenvalue weighted by Crippen LogP contribution is -2.04. The SMILES string of the molecule is CC(=O)Nc1ncc(SCc2nc3ccccc3o2)s1. The first-order valence-electron chi connectivity index (χ1n) is 5.91. The highest BCUT2D eigenvalue weighted by atomic mass is 32.2. The Labute approximate surface area is 123 Å². The molecule has 2 heterocycles. The Kier molecular flexibility index (Phi) is 3.70. The number of nitrogens with zero attached hydrogens (tertiary/aromatic N) is 2. The number of anilines is 1. The van der Waals surface area contributed by atoms with E-state index >= 15 is 0 Å². The zero-order valence-corrected chi connectivity index (χ0v) is 12.3. The summed E-state index contributed by atoms with van der Waals surface area (Å²) >= 11 is 3.02. The van der Waals surface area contributed by atoms with Gasteiger partial charge in [0.05, 0.1) is 16.2 Å². The summed E-state index contributed by atoms with van der Waals surface area (Å²) in [6.45, 7) is 1.46. The van der Waals surface area contributed by atoms with Crippen molar-refractivity contribution in [1.29, 1.82) is 0 Å². The van der Waals surface area contributed by atoms with E-state index in [1.54, 1.807) is 18.0 Å². The number of nitrogens with one attached hydrogen (secondary N) is 1. The number of para-hydroxylation sites is 2. The van der Waals surface area contributed by atoms with Gasteiger partial charge in [-0.3, -0.25) is 4.79 Å². The van der Waals surface area contributed by atoms with Crippen LogP contribution in [0.25, 0.3) is 11.1 Å². The second-order valence-corrected chi connectivity index (χ2v) is 6.34. The zero-order valence-electron chi connectivity index (χ0n) is 10.6. The van der Waals surface area contributed by atoms with Gasteiger partial charge in [-0.2, -0.15) is 0 Å². The summed E-state index contributed by atoms with van der Waals surface area (Å²) in [5.41, 5.74) is 1.66. The molecule has 0 aliphatic rings. The summed E-state index contributed by atoms with van der Waals surface area (Å²) in [6, 6.07) is 7.69. The monoisotopic (exact) mass is 305 g/mol. The largest absolute Gasteiger partial charge is 0.440 e. The van der Waals surface area contributed by atoms with Gasteiger partial charge in [-0.25, -0.2) is 9.97 Å². The Morgan fingerprint density at radius 3 is 3.10 bits per heavy atom. The third-order valence-electron chi connectivity index (χ3n) is 2.44. The topological polar surface area (TPSA) is 68.0 Å². The summed E-state index contributed by atoms with van der Waals surface area (Å²) in [4.78, 5) is 19.5. The minimum absolute atomic E-state index is 0.116. The van der Waals surface area contributed by atoms with Crippen molar-refractivity contribution in [2.75, 3.05) is 5.32 Å². The Morgan fingerprint density at radius 1 is 1.45 bits per heavy atom. The summed E-state index contributed by atoms with van der Waals surface area (Å²) in [5.74, 6) is 1.21. The van der Waals surface area contributed by atoms with Gasteiger partial charge in [0.1, 0.15) is 5.52 Å². The first-order chi connectivity index (χ1) is 9.70. The Morgan fingerprint density at radius 2 is 2.30 bits per heavy atom. The van der Waals surface area contributed by atoms with E-state index < -0.39 is 0 Å². The fraction of sp³-hybridized carbons (Fsp3) is 0.154. The summed E-state index contributed by atoms with van der Waals surface area (Å²) < 4.78 is 6.65. The lowest BCUT2D eigenvalue weighted by molar-refractivity contribution is -0.114. The van der Waals surface area contributed by atoms with Crippen molar-refractivity contribution in [2.24, 2.45) is 0 Å². The Bertz CT molecular complexity index is 718. The van der Waals surface area contributed by atoms with Gasteiger partial charge in [-0.15, -0.1) is 11.8 Å². The highest BCUT2D eigenvalue weighted by molar-refractivity contribution is 8.00. The molecule has 1 N–H and O–H groups in total. The summed E-state index contributed by atoms with van der Waals surface area (Å²) in [5, 5.41) is 3.27. The number of benzene rings is 1. The van der Waals surface area contributed by atoms with Gasteiger partial charge in [0, 0.05) is 6.92 Å². The number of aromatic nitrogens is 2. The molecule has 7 heteroatoms. The van der Waals surface area contributed by atoms with E-state index in [0.717, 1.165) is 15.3 Å². The van der Waals surface area contributed by atoms with Gasteiger partial charge < -0.3 is 9.73 Å². The van der Waals surface area contributed by atoms with Crippen molar-refractivity contribution in [2.45, 2.75) is 16.9 Å². The highest BCUT2D eigenvalue weighted by Gasteiger charge is 2.08. The van der Waals surface area contributed by atoms with E-state index in [-0.39, 0.29) is 5.91 Å². The van der Waals surface area contributed by atoms with E-state index in [1.165, 1.54) is 18.3 Å². The maximum Gasteiger partial charge on any atom is 0.223 e. The third kappa shape index (κ3) is 3.00. The summed E-state index contributed by atoms with van der Waals surface area (Å²) in [6.07, 6.45) is 1.74. The van der Waals surface area contributed by atoms with Crippen LogP contribution in [0.15, 0.2) is 39.1 Å².